The monoisotopic (exact) mass is 304 g/mol. The molecule has 0 amide bonds. The molecular weight excluding hydrogens is 291 g/mol. The van der Waals surface area contributed by atoms with Gasteiger partial charge in [0.2, 0.25) is 5.88 Å². The molecule has 0 bridgehead atoms. The number of imidazole rings is 1. The lowest BCUT2D eigenvalue weighted by atomic mass is 10.1. The predicted octanol–water partition coefficient (Wildman–Crippen LogP) is 3.25. The number of methoxy groups -OCH3 is 1. The number of rotatable bonds is 3. The number of aromatic amines is 1. The molecule has 0 saturated carbocycles. The molecule has 2 heterocycles. The Morgan fingerprint density at radius 1 is 1.29 bits per heavy atom. The van der Waals surface area contributed by atoms with Crippen LogP contribution >= 0.6 is 12.2 Å². The van der Waals surface area contributed by atoms with Crippen LogP contribution in [0.5, 0.6) is 5.88 Å². The van der Waals surface area contributed by atoms with Crippen LogP contribution in [0.15, 0.2) is 30.6 Å². The number of H-pyrrole nitrogens is 1. The minimum atomic E-state index is -0.266. The number of aromatic nitrogens is 4. The SMILES string of the molecule is COc1ncnc2c1[nH]c(=S)n2C(C)c1ccc(F)cc1. The molecule has 0 spiro atoms. The van der Waals surface area contributed by atoms with Crippen LogP contribution in [0.1, 0.15) is 18.5 Å². The Balaban J connectivity index is 2.18. The van der Waals surface area contributed by atoms with Crippen molar-refractivity contribution >= 4 is 23.4 Å². The number of nitrogens with zero attached hydrogens (tertiary/aromatic N) is 3. The van der Waals surface area contributed by atoms with Crippen LogP contribution in [0.4, 0.5) is 4.39 Å². The van der Waals surface area contributed by atoms with Crippen molar-refractivity contribution < 1.29 is 9.13 Å². The van der Waals surface area contributed by atoms with Crippen molar-refractivity contribution in [2.45, 2.75) is 13.0 Å². The summed E-state index contributed by atoms with van der Waals surface area (Å²) in [4.78, 5) is 11.4. The third-order valence-electron chi connectivity index (χ3n) is 3.40. The summed E-state index contributed by atoms with van der Waals surface area (Å²) in [6.07, 6.45) is 1.43. The Bertz CT molecular complexity index is 840. The van der Waals surface area contributed by atoms with Crippen LogP contribution in [0.2, 0.25) is 0 Å². The Morgan fingerprint density at radius 3 is 2.67 bits per heavy atom. The zero-order valence-corrected chi connectivity index (χ0v) is 12.3. The lowest BCUT2D eigenvalue weighted by Crippen LogP contribution is -2.07. The van der Waals surface area contributed by atoms with Crippen molar-refractivity contribution in [3.05, 3.63) is 46.7 Å². The smallest absolute Gasteiger partial charge is 0.242 e. The predicted molar refractivity (Wildman–Crippen MR) is 79.5 cm³/mol. The average molecular weight is 304 g/mol. The maximum absolute atomic E-state index is 13.1. The van der Waals surface area contributed by atoms with E-state index in [-0.39, 0.29) is 11.9 Å². The summed E-state index contributed by atoms with van der Waals surface area (Å²) in [6.45, 7) is 1.98. The molecule has 0 fully saturated rings. The lowest BCUT2D eigenvalue weighted by molar-refractivity contribution is 0.401. The fourth-order valence-corrected chi connectivity index (χ4v) is 2.67. The molecule has 3 aromatic rings. The molecule has 2 aromatic heterocycles. The van der Waals surface area contributed by atoms with Crippen molar-refractivity contribution in [3.63, 3.8) is 0 Å². The molecule has 7 heteroatoms. The largest absolute Gasteiger partial charge is 0.479 e. The van der Waals surface area contributed by atoms with E-state index < -0.39 is 0 Å². The van der Waals surface area contributed by atoms with Crippen molar-refractivity contribution in [1.29, 1.82) is 0 Å². The summed E-state index contributed by atoms with van der Waals surface area (Å²) in [7, 11) is 1.54. The second-order valence-electron chi connectivity index (χ2n) is 4.61. The van der Waals surface area contributed by atoms with Gasteiger partial charge in [0, 0.05) is 0 Å². The number of halogens is 1. The molecule has 1 atom stereocenters. The van der Waals surface area contributed by atoms with Gasteiger partial charge in [-0.05, 0) is 36.8 Å². The molecule has 21 heavy (non-hydrogen) atoms. The van der Waals surface area contributed by atoms with Crippen LogP contribution in [0, 0.1) is 10.6 Å². The Kier molecular flexibility index (Phi) is 3.42. The maximum Gasteiger partial charge on any atom is 0.242 e. The summed E-state index contributed by atoms with van der Waals surface area (Å²) < 4.78 is 20.6. The van der Waals surface area contributed by atoms with Crippen LogP contribution < -0.4 is 4.74 Å². The summed E-state index contributed by atoms with van der Waals surface area (Å²) in [5, 5.41) is 0. The van der Waals surface area contributed by atoms with Gasteiger partial charge in [-0.3, -0.25) is 4.57 Å². The second-order valence-corrected chi connectivity index (χ2v) is 5.00. The quantitative estimate of drug-likeness (QED) is 0.755. The first-order valence-corrected chi connectivity index (χ1v) is 6.77. The molecule has 0 aliphatic rings. The second kappa shape index (κ2) is 5.25. The summed E-state index contributed by atoms with van der Waals surface area (Å²) in [5.41, 5.74) is 2.24. The van der Waals surface area contributed by atoms with E-state index in [9.17, 15) is 4.39 Å². The molecule has 1 N–H and O–H groups in total. The van der Waals surface area contributed by atoms with E-state index in [0.717, 1.165) is 5.56 Å². The highest BCUT2D eigenvalue weighted by molar-refractivity contribution is 7.71. The average Bonchev–Trinajstić information content (AvgIpc) is 2.83. The molecule has 0 radical (unpaired) electrons. The van der Waals surface area contributed by atoms with Gasteiger partial charge in [0.25, 0.3) is 0 Å². The lowest BCUT2D eigenvalue weighted by Gasteiger charge is -2.14. The van der Waals surface area contributed by atoms with Gasteiger partial charge in [-0.1, -0.05) is 12.1 Å². The minimum Gasteiger partial charge on any atom is -0.479 e. The van der Waals surface area contributed by atoms with Crippen molar-refractivity contribution in [1.82, 2.24) is 19.5 Å². The highest BCUT2D eigenvalue weighted by atomic mass is 32.1. The third kappa shape index (κ3) is 2.29. The van der Waals surface area contributed by atoms with Gasteiger partial charge in [-0.15, -0.1) is 0 Å². The molecule has 1 aromatic carbocycles. The molecule has 1 unspecified atom stereocenters. The van der Waals surface area contributed by atoms with Gasteiger partial charge in [0.15, 0.2) is 10.4 Å². The standard InChI is InChI=1S/C14H13FN4OS/c1-8(9-3-5-10(15)6-4-9)19-12-11(18-14(19)21)13(20-2)17-7-16-12/h3-8H,1-2H3,(H,18,21). The van der Waals surface area contributed by atoms with Crippen LogP contribution in [-0.4, -0.2) is 26.6 Å². The number of benzene rings is 1. The molecular formula is C14H13FN4OS. The number of nitrogens with one attached hydrogen (secondary N) is 1. The Morgan fingerprint density at radius 2 is 2.00 bits per heavy atom. The van der Waals surface area contributed by atoms with Crippen LogP contribution in [0.3, 0.4) is 0 Å². The van der Waals surface area contributed by atoms with Gasteiger partial charge in [0.05, 0.1) is 13.2 Å². The van der Waals surface area contributed by atoms with Crippen LogP contribution in [0.25, 0.3) is 11.2 Å². The van der Waals surface area contributed by atoms with E-state index in [1.807, 2.05) is 11.5 Å². The van der Waals surface area contributed by atoms with Gasteiger partial charge in [-0.2, -0.15) is 4.98 Å². The van der Waals surface area contributed by atoms with Crippen molar-refractivity contribution in [2.75, 3.05) is 7.11 Å². The van der Waals surface area contributed by atoms with Gasteiger partial charge in [-0.25, -0.2) is 9.37 Å². The first-order valence-electron chi connectivity index (χ1n) is 6.36. The van der Waals surface area contributed by atoms with E-state index in [1.165, 1.54) is 18.5 Å². The zero-order valence-electron chi connectivity index (χ0n) is 11.5. The van der Waals surface area contributed by atoms with Crippen molar-refractivity contribution in [3.8, 4) is 5.88 Å². The molecule has 0 aliphatic carbocycles. The van der Waals surface area contributed by atoms with Crippen LogP contribution in [-0.2, 0) is 0 Å². The van der Waals surface area contributed by atoms with E-state index in [2.05, 4.69) is 15.0 Å². The Labute approximate surface area is 125 Å². The number of hydrogen-bond acceptors (Lipinski definition) is 4. The molecule has 3 rings (SSSR count). The summed E-state index contributed by atoms with van der Waals surface area (Å²) in [5.74, 6) is 0.175. The van der Waals surface area contributed by atoms with E-state index in [4.69, 9.17) is 17.0 Å². The maximum atomic E-state index is 13.1. The third-order valence-corrected chi connectivity index (χ3v) is 3.70. The van der Waals surface area contributed by atoms with Crippen molar-refractivity contribution in [2.24, 2.45) is 0 Å². The van der Waals surface area contributed by atoms with Gasteiger partial charge < -0.3 is 9.72 Å². The fourth-order valence-electron chi connectivity index (χ4n) is 2.32. The highest BCUT2D eigenvalue weighted by Gasteiger charge is 2.17. The van der Waals surface area contributed by atoms with Gasteiger partial charge >= 0.3 is 0 Å². The number of hydrogen-bond donors (Lipinski definition) is 1. The Hall–Kier alpha value is -2.28. The molecule has 5 nitrogen and oxygen atoms in total. The number of ether oxygens (including phenoxy) is 1. The normalized spacial score (nSPS) is 12.5. The zero-order chi connectivity index (χ0) is 15.0. The van der Waals surface area contributed by atoms with Gasteiger partial charge in [0.1, 0.15) is 17.7 Å². The van der Waals surface area contributed by atoms with E-state index in [1.54, 1.807) is 19.2 Å². The summed E-state index contributed by atoms with van der Waals surface area (Å²) >= 11 is 5.37. The highest BCUT2D eigenvalue weighted by Crippen LogP contribution is 2.26. The first-order chi connectivity index (χ1) is 10.1. The molecule has 0 aliphatic heterocycles. The van der Waals surface area contributed by atoms with E-state index in [0.29, 0.717) is 21.8 Å². The minimum absolute atomic E-state index is 0.0912. The topological polar surface area (TPSA) is 55.7 Å². The van der Waals surface area contributed by atoms with E-state index >= 15 is 0 Å². The summed E-state index contributed by atoms with van der Waals surface area (Å²) in [6, 6.07) is 6.24. The number of fused-ring (bicyclic) bond motifs is 1. The first kappa shape index (κ1) is 13.7. The molecule has 0 saturated heterocycles. The fraction of sp³-hybridized carbons (Fsp3) is 0.214. The molecule has 108 valence electrons.